The van der Waals surface area contributed by atoms with Crippen LogP contribution in [0.2, 0.25) is 0 Å². The monoisotopic (exact) mass is 235 g/mol. The quantitative estimate of drug-likeness (QED) is 0.762. The molecule has 1 atom stereocenters. The number of methoxy groups -OCH3 is 1. The number of nitrogens with two attached hydrogens (primary N) is 1. The fourth-order valence-corrected chi connectivity index (χ4v) is 1.76. The van der Waals surface area contributed by atoms with Crippen LogP contribution < -0.4 is 11.1 Å². The number of nitrogens with one attached hydrogen (secondary N) is 1. The summed E-state index contributed by atoms with van der Waals surface area (Å²) in [5.41, 5.74) is 6.52. The van der Waals surface area contributed by atoms with Crippen LogP contribution in [0.3, 0.4) is 0 Å². The Morgan fingerprint density at radius 3 is 3.18 bits per heavy atom. The maximum Gasteiger partial charge on any atom is 0.152 e. The minimum Gasteiger partial charge on any atom is -0.383 e. The van der Waals surface area contributed by atoms with Gasteiger partial charge in [0.1, 0.15) is 5.52 Å². The molecule has 1 unspecified atom stereocenters. The van der Waals surface area contributed by atoms with E-state index in [2.05, 4.69) is 15.4 Å². The molecule has 0 saturated carbocycles. The number of rotatable bonds is 6. The molecular formula is C11H17N5O. The lowest BCUT2D eigenvalue weighted by atomic mass is 10.2. The Balaban J connectivity index is 2.18. The number of ether oxygens (including phenoxy) is 1. The van der Waals surface area contributed by atoms with E-state index in [4.69, 9.17) is 10.5 Å². The smallest absolute Gasteiger partial charge is 0.152 e. The van der Waals surface area contributed by atoms with Crippen molar-refractivity contribution in [2.75, 3.05) is 25.6 Å². The van der Waals surface area contributed by atoms with E-state index >= 15 is 0 Å². The predicted molar refractivity (Wildman–Crippen MR) is 65.9 cm³/mol. The molecule has 0 aliphatic carbocycles. The largest absolute Gasteiger partial charge is 0.383 e. The SMILES string of the molecule is COCC(CCN)Nc1nccn2nccc12. The average molecular weight is 235 g/mol. The fourth-order valence-electron chi connectivity index (χ4n) is 1.76. The first kappa shape index (κ1) is 11.8. The molecule has 0 spiro atoms. The lowest BCUT2D eigenvalue weighted by Crippen LogP contribution is -2.28. The molecule has 0 amide bonds. The molecule has 0 radical (unpaired) electrons. The molecule has 0 saturated heterocycles. The van der Waals surface area contributed by atoms with Gasteiger partial charge in [0, 0.05) is 19.5 Å². The molecule has 6 nitrogen and oxygen atoms in total. The molecule has 3 N–H and O–H groups in total. The van der Waals surface area contributed by atoms with E-state index in [-0.39, 0.29) is 6.04 Å². The third-order valence-electron chi connectivity index (χ3n) is 2.55. The first-order valence-electron chi connectivity index (χ1n) is 5.59. The predicted octanol–water partition coefficient (Wildman–Crippen LogP) is 0.505. The van der Waals surface area contributed by atoms with Crippen LogP contribution in [0, 0.1) is 0 Å². The van der Waals surface area contributed by atoms with Crippen molar-refractivity contribution in [3.63, 3.8) is 0 Å². The zero-order chi connectivity index (χ0) is 12.1. The number of hydrogen-bond acceptors (Lipinski definition) is 5. The second-order valence-corrected chi connectivity index (χ2v) is 3.81. The molecule has 0 aliphatic heterocycles. The highest BCUT2D eigenvalue weighted by molar-refractivity contribution is 5.67. The van der Waals surface area contributed by atoms with E-state index in [0.29, 0.717) is 13.2 Å². The van der Waals surface area contributed by atoms with Gasteiger partial charge in [-0.3, -0.25) is 0 Å². The van der Waals surface area contributed by atoms with Crippen molar-refractivity contribution in [3.8, 4) is 0 Å². The summed E-state index contributed by atoms with van der Waals surface area (Å²) in [4.78, 5) is 4.32. The van der Waals surface area contributed by atoms with E-state index < -0.39 is 0 Å². The normalized spacial score (nSPS) is 12.8. The summed E-state index contributed by atoms with van der Waals surface area (Å²) in [6.07, 6.45) is 6.12. The summed E-state index contributed by atoms with van der Waals surface area (Å²) in [5, 5.41) is 7.49. The average Bonchev–Trinajstić information content (AvgIpc) is 2.79. The molecule has 0 aliphatic rings. The minimum atomic E-state index is 0.165. The molecule has 17 heavy (non-hydrogen) atoms. The molecule has 92 valence electrons. The van der Waals surface area contributed by atoms with Crippen LogP contribution in [-0.2, 0) is 4.74 Å². The summed E-state index contributed by atoms with van der Waals surface area (Å²) in [6.45, 7) is 1.22. The molecule has 0 aromatic carbocycles. The van der Waals surface area contributed by atoms with Crippen molar-refractivity contribution in [1.29, 1.82) is 0 Å². The third-order valence-corrected chi connectivity index (χ3v) is 2.55. The van der Waals surface area contributed by atoms with Crippen LogP contribution in [0.25, 0.3) is 5.52 Å². The Kier molecular flexibility index (Phi) is 3.89. The van der Waals surface area contributed by atoms with Gasteiger partial charge in [0.15, 0.2) is 5.82 Å². The van der Waals surface area contributed by atoms with Crippen molar-refractivity contribution in [2.45, 2.75) is 12.5 Å². The summed E-state index contributed by atoms with van der Waals surface area (Å²) < 4.78 is 6.93. The van der Waals surface area contributed by atoms with Gasteiger partial charge in [0.2, 0.25) is 0 Å². The van der Waals surface area contributed by atoms with Gasteiger partial charge in [-0.2, -0.15) is 5.10 Å². The highest BCUT2D eigenvalue weighted by Gasteiger charge is 2.10. The number of aromatic nitrogens is 3. The van der Waals surface area contributed by atoms with Crippen molar-refractivity contribution in [2.24, 2.45) is 5.73 Å². The van der Waals surface area contributed by atoms with Crippen LogP contribution in [0.1, 0.15) is 6.42 Å². The maximum atomic E-state index is 5.57. The number of anilines is 1. The standard InChI is InChI=1S/C11H17N5O/c1-17-8-9(2-4-12)15-11-10-3-5-14-16(10)7-6-13-11/h3,5-7,9H,2,4,8,12H2,1H3,(H,13,15). The van der Waals surface area contributed by atoms with E-state index in [1.54, 1.807) is 24.0 Å². The molecular weight excluding hydrogens is 218 g/mol. The summed E-state index contributed by atoms with van der Waals surface area (Å²) in [7, 11) is 1.68. The second kappa shape index (κ2) is 5.60. The van der Waals surface area contributed by atoms with Gasteiger partial charge < -0.3 is 15.8 Å². The minimum absolute atomic E-state index is 0.165. The number of nitrogens with zero attached hydrogens (tertiary/aromatic N) is 3. The van der Waals surface area contributed by atoms with E-state index in [1.165, 1.54) is 0 Å². The Morgan fingerprint density at radius 2 is 2.41 bits per heavy atom. The van der Waals surface area contributed by atoms with Gasteiger partial charge in [0.25, 0.3) is 0 Å². The van der Waals surface area contributed by atoms with Gasteiger partial charge in [-0.15, -0.1) is 0 Å². The number of hydrogen-bond donors (Lipinski definition) is 2. The Bertz CT molecular complexity index is 464. The fraction of sp³-hybridized carbons (Fsp3) is 0.455. The van der Waals surface area contributed by atoms with Crippen LogP contribution in [0.4, 0.5) is 5.82 Å². The topological polar surface area (TPSA) is 77.5 Å². The van der Waals surface area contributed by atoms with Gasteiger partial charge in [-0.05, 0) is 19.0 Å². The molecule has 0 fully saturated rings. The van der Waals surface area contributed by atoms with E-state index in [1.807, 2.05) is 12.3 Å². The Labute approximate surface area is 99.8 Å². The zero-order valence-corrected chi connectivity index (χ0v) is 9.84. The van der Waals surface area contributed by atoms with Gasteiger partial charge >= 0.3 is 0 Å². The zero-order valence-electron chi connectivity index (χ0n) is 9.84. The number of fused-ring (bicyclic) bond motifs is 1. The van der Waals surface area contributed by atoms with Crippen molar-refractivity contribution < 1.29 is 4.74 Å². The van der Waals surface area contributed by atoms with Gasteiger partial charge in [-0.1, -0.05) is 0 Å². The molecule has 2 aromatic heterocycles. The molecule has 2 aromatic rings. The molecule has 6 heteroatoms. The van der Waals surface area contributed by atoms with Crippen LogP contribution in [0.5, 0.6) is 0 Å². The van der Waals surface area contributed by atoms with Crippen molar-refractivity contribution in [3.05, 3.63) is 24.7 Å². The molecule has 0 bridgehead atoms. The first-order valence-corrected chi connectivity index (χ1v) is 5.59. The highest BCUT2D eigenvalue weighted by atomic mass is 16.5. The van der Waals surface area contributed by atoms with Crippen molar-refractivity contribution >= 4 is 11.3 Å². The second-order valence-electron chi connectivity index (χ2n) is 3.81. The summed E-state index contributed by atoms with van der Waals surface area (Å²) in [5.74, 6) is 0.806. The molecule has 2 rings (SSSR count). The van der Waals surface area contributed by atoms with E-state index in [0.717, 1.165) is 17.8 Å². The Hall–Kier alpha value is -1.66. The first-order chi connectivity index (χ1) is 8.35. The Morgan fingerprint density at radius 1 is 1.53 bits per heavy atom. The third kappa shape index (κ3) is 2.72. The van der Waals surface area contributed by atoms with Gasteiger partial charge in [0.05, 0.1) is 18.8 Å². The summed E-state index contributed by atoms with van der Waals surface area (Å²) >= 11 is 0. The maximum absolute atomic E-state index is 5.57. The van der Waals surface area contributed by atoms with Crippen LogP contribution in [0.15, 0.2) is 24.7 Å². The van der Waals surface area contributed by atoms with Crippen LogP contribution >= 0.6 is 0 Å². The van der Waals surface area contributed by atoms with Gasteiger partial charge in [-0.25, -0.2) is 9.50 Å². The highest BCUT2D eigenvalue weighted by Crippen LogP contribution is 2.14. The van der Waals surface area contributed by atoms with Crippen LogP contribution in [-0.4, -0.2) is 40.9 Å². The molecule has 2 heterocycles. The lowest BCUT2D eigenvalue weighted by Gasteiger charge is -2.17. The lowest BCUT2D eigenvalue weighted by molar-refractivity contribution is 0.183. The van der Waals surface area contributed by atoms with Crippen molar-refractivity contribution in [1.82, 2.24) is 14.6 Å². The van der Waals surface area contributed by atoms with E-state index in [9.17, 15) is 0 Å². The summed E-state index contributed by atoms with van der Waals surface area (Å²) in [6, 6.07) is 2.08.